The van der Waals surface area contributed by atoms with Crippen LogP contribution in [-0.2, 0) is 6.42 Å². The highest BCUT2D eigenvalue weighted by Crippen LogP contribution is 2.28. The summed E-state index contributed by atoms with van der Waals surface area (Å²) in [7, 11) is 0. The smallest absolute Gasteiger partial charge is 0.0608 e. The van der Waals surface area contributed by atoms with Crippen molar-refractivity contribution in [2.75, 3.05) is 0 Å². The molecule has 0 bridgehead atoms. The van der Waals surface area contributed by atoms with Crippen LogP contribution in [0.1, 0.15) is 44.1 Å². The third kappa shape index (κ3) is 3.04. The molecule has 1 atom stereocenters. The van der Waals surface area contributed by atoms with Crippen LogP contribution in [0.3, 0.4) is 0 Å². The Morgan fingerprint density at radius 2 is 1.60 bits per heavy atom. The molecule has 2 aromatic carbocycles. The van der Waals surface area contributed by atoms with Gasteiger partial charge < -0.3 is 5.11 Å². The van der Waals surface area contributed by atoms with Crippen molar-refractivity contribution >= 4 is 10.8 Å². The molecule has 0 aliphatic heterocycles. The third-order valence-corrected chi connectivity index (χ3v) is 4.75. The van der Waals surface area contributed by atoms with E-state index < -0.39 is 0 Å². The first-order valence-corrected chi connectivity index (χ1v) is 7.99. The number of hydrogen-bond acceptors (Lipinski definition) is 1. The topological polar surface area (TPSA) is 20.2 Å². The van der Waals surface area contributed by atoms with Gasteiger partial charge in [0.1, 0.15) is 0 Å². The molecule has 0 spiro atoms. The van der Waals surface area contributed by atoms with Gasteiger partial charge in [-0.3, -0.25) is 0 Å². The number of aliphatic hydroxyl groups excluding tert-OH is 1. The average Bonchev–Trinajstić information content (AvgIpc) is 2.77. The first-order valence-electron chi connectivity index (χ1n) is 7.99. The SMILES string of the molecule is OC(Cc1cccc2ccccc12)C1CCCCCC1. The number of aliphatic hydroxyl groups is 1. The zero-order chi connectivity index (χ0) is 13.8. The van der Waals surface area contributed by atoms with Gasteiger partial charge in [-0.15, -0.1) is 0 Å². The lowest BCUT2D eigenvalue weighted by atomic mass is 9.88. The zero-order valence-electron chi connectivity index (χ0n) is 12.1. The van der Waals surface area contributed by atoms with Crippen molar-refractivity contribution in [2.24, 2.45) is 5.92 Å². The van der Waals surface area contributed by atoms with Gasteiger partial charge in [-0.25, -0.2) is 0 Å². The lowest BCUT2D eigenvalue weighted by Gasteiger charge is -2.22. The molecule has 0 aromatic heterocycles. The van der Waals surface area contributed by atoms with Crippen LogP contribution in [0.25, 0.3) is 10.8 Å². The van der Waals surface area contributed by atoms with Crippen molar-refractivity contribution in [3.05, 3.63) is 48.0 Å². The first-order chi connectivity index (χ1) is 9.84. The standard InChI is InChI=1S/C19H24O/c20-19(16-9-3-1-2-4-10-16)14-17-12-7-11-15-8-5-6-13-18(15)17/h5-8,11-13,16,19-20H,1-4,9-10,14H2. The van der Waals surface area contributed by atoms with Crippen LogP contribution < -0.4 is 0 Å². The van der Waals surface area contributed by atoms with Crippen molar-refractivity contribution in [3.63, 3.8) is 0 Å². The minimum atomic E-state index is -0.182. The number of rotatable bonds is 3. The number of hydrogen-bond donors (Lipinski definition) is 1. The molecule has 0 heterocycles. The summed E-state index contributed by atoms with van der Waals surface area (Å²) in [6.45, 7) is 0. The van der Waals surface area contributed by atoms with Crippen LogP contribution in [0.2, 0.25) is 0 Å². The van der Waals surface area contributed by atoms with E-state index in [1.807, 2.05) is 0 Å². The highest BCUT2D eigenvalue weighted by molar-refractivity contribution is 5.85. The van der Waals surface area contributed by atoms with Gasteiger partial charge >= 0.3 is 0 Å². The summed E-state index contributed by atoms with van der Waals surface area (Å²) in [4.78, 5) is 0. The van der Waals surface area contributed by atoms with Crippen molar-refractivity contribution < 1.29 is 5.11 Å². The Kier molecular flexibility index (Phi) is 4.37. The van der Waals surface area contributed by atoms with E-state index in [1.165, 1.54) is 54.9 Å². The normalized spacial score (nSPS) is 18.9. The van der Waals surface area contributed by atoms with E-state index in [2.05, 4.69) is 42.5 Å². The molecule has 0 amide bonds. The van der Waals surface area contributed by atoms with Gasteiger partial charge in [0.25, 0.3) is 0 Å². The summed E-state index contributed by atoms with van der Waals surface area (Å²) in [5.41, 5.74) is 1.29. The number of benzene rings is 2. The summed E-state index contributed by atoms with van der Waals surface area (Å²) in [5.74, 6) is 0.497. The van der Waals surface area contributed by atoms with Crippen LogP contribution >= 0.6 is 0 Å². The Bertz CT molecular complexity index is 547. The van der Waals surface area contributed by atoms with E-state index in [0.717, 1.165) is 6.42 Å². The van der Waals surface area contributed by atoms with E-state index in [-0.39, 0.29) is 6.10 Å². The van der Waals surface area contributed by atoms with Gasteiger partial charge in [0.15, 0.2) is 0 Å². The molecular weight excluding hydrogens is 244 g/mol. The van der Waals surface area contributed by atoms with E-state index in [0.29, 0.717) is 5.92 Å². The summed E-state index contributed by atoms with van der Waals surface area (Å²) in [5, 5.41) is 13.2. The Morgan fingerprint density at radius 3 is 2.40 bits per heavy atom. The average molecular weight is 268 g/mol. The summed E-state index contributed by atoms with van der Waals surface area (Å²) in [6.07, 6.45) is 8.28. The van der Waals surface area contributed by atoms with Gasteiger partial charge in [0.05, 0.1) is 6.10 Å². The summed E-state index contributed by atoms with van der Waals surface area (Å²) < 4.78 is 0. The molecule has 1 unspecified atom stereocenters. The molecule has 1 N–H and O–H groups in total. The lowest BCUT2D eigenvalue weighted by Crippen LogP contribution is -2.22. The molecule has 1 heteroatoms. The summed E-state index contributed by atoms with van der Waals surface area (Å²) >= 11 is 0. The lowest BCUT2D eigenvalue weighted by molar-refractivity contribution is 0.0989. The first kappa shape index (κ1) is 13.6. The maximum absolute atomic E-state index is 10.6. The summed E-state index contributed by atoms with van der Waals surface area (Å²) in [6, 6.07) is 14.9. The van der Waals surface area contributed by atoms with Crippen LogP contribution in [0.15, 0.2) is 42.5 Å². The monoisotopic (exact) mass is 268 g/mol. The number of fused-ring (bicyclic) bond motifs is 1. The van der Waals surface area contributed by atoms with E-state index in [1.54, 1.807) is 0 Å². The van der Waals surface area contributed by atoms with Crippen molar-refractivity contribution in [3.8, 4) is 0 Å². The fraction of sp³-hybridized carbons (Fsp3) is 0.474. The Morgan fingerprint density at radius 1 is 0.900 bits per heavy atom. The molecule has 2 aromatic rings. The fourth-order valence-electron chi connectivity index (χ4n) is 3.56. The second-order valence-corrected chi connectivity index (χ2v) is 6.16. The van der Waals surface area contributed by atoms with Gasteiger partial charge in [-0.1, -0.05) is 68.1 Å². The van der Waals surface area contributed by atoms with E-state index in [9.17, 15) is 5.11 Å². The van der Waals surface area contributed by atoms with Gasteiger partial charge in [-0.05, 0) is 41.5 Å². The second-order valence-electron chi connectivity index (χ2n) is 6.16. The molecule has 1 saturated carbocycles. The van der Waals surface area contributed by atoms with Crippen LogP contribution in [0.5, 0.6) is 0 Å². The van der Waals surface area contributed by atoms with Crippen LogP contribution in [-0.4, -0.2) is 11.2 Å². The van der Waals surface area contributed by atoms with E-state index >= 15 is 0 Å². The molecule has 1 nitrogen and oxygen atoms in total. The Hall–Kier alpha value is -1.34. The van der Waals surface area contributed by atoms with Crippen molar-refractivity contribution in [2.45, 2.75) is 51.0 Å². The Labute approximate surface area is 121 Å². The molecule has 1 aliphatic rings. The van der Waals surface area contributed by atoms with Gasteiger partial charge in [0, 0.05) is 0 Å². The second kappa shape index (κ2) is 6.41. The minimum absolute atomic E-state index is 0.182. The van der Waals surface area contributed by atoms with Crippen molar-refractivity contribution in [1.29, 1.82) is 0 Å². The quantitative estimate of drug-likeness (QED) is 0.799. The van der Waals surface area contributed by atoms with E-state index in [4.69, 9.17) is 0 Å². The fourth-order valence-corrected chi connectivity index (χ4v) is 3.56. The minimum Gasteiger partial charge on any atom is -0.392 e. The predicted octanol–water partition coefficient (Wildman–Crippen LogP) is 4.71. The Balaban J connectivity index is 1.78. The maximum atomic E-state index is 10.6. The third-order valence-electron chi connectivity index (χ3n) is 4.75. The van der Waals surface area contributed by atoms with Gasteiger partial charge in [0.2, 0.25) is 0 Å². The molecule has 0 radical (unpaired) electrons. The molecule has 0 saturated heterocycles. The predicted molar refractivity (Wildman–Crippen MR) is 84.9 cm³/mol. The molecule has 20 heavy (non-hydrogen) atoms. The largest absolute Gasteiger partial charge is 0.392 e. The molecule has 106 valence electrons. The van der Waals surface area contributed by atoms with Crippen molar-refractivity contribution in [1.82, 2.24) is 0 Å². The maximum Gasteiger partial charge on any atom is 0.0608 e. The van der Waals surface area contributed by atoms with Gasteiger partial charge in [-0.2, -0.15) is 0 Å². The zero-order valence-corrected chi connectivity index (χ0v) is 12.1. The van der Waals surface area contributed by atoms with Crippen LogP contribution in [0, 0.1) is 5.92 Å². The molecule has 3 rings (SSSR count). The van der Waals surface area contributed by atoms with Crippen LogP contribution in [0.4, 0.5) is 0 Å². The molecule has 1 fully saturated rings. The highest BCUT2D eigenvalue weighted by atomic mass is 16.3. The molecule has 1 aliphatic carbocycles. The highest BCUT2D eigenvalue weighted by Gasteiger charge is 2.21. The molecular formula is C19H24O.